The lowest BCUT2D eigenvalue weighted by Gasteiger charge is -2.36. The highest BCUT2D eigenvalue weighted by molar-refractivity contribution is 6.74. The van der Waals surface area contributed by atoms with Crippen LogP contribution in [-0.2, 0) is 9.16 Å². The second-order valence-corrected chi connectivity index (χ2v) is 11.7. The third kappa shape index (κ3) is 5.00. The summed E-state index contributed by atoms with van der Waals surface area (Å²) in [7, 11) is -1.55. The number of rotatable bonds is 8. The van der Waals surface area contributed by atoms with E-state index in [0.717, 1.165) is 19.4 Å². The van der Waals surface area contributed by atoms with Crippen molar-refractivity contribution in [1.82, 2.24) is 0 Å². The molecule has 3 nitrogen and oxygen atoms in total. The third-order valence-corrected chi connectivity index (χ3v) is 8.81. The molecule has 1 aliphatic rings. The molecule has 0 saturated carbocycles. The Kier molecular flexibility index (Phi) is 5.84. The molecule has 0 aromatic rings. The van der Waals surface area contributed by atoms with Gasteiger partial charge in [-0.05, 0) is 31.0 Å². The SMILES string of the molecule is CC(C)(C)[Si](C)(C)OCCCCC[C@@H]1O[C@H]1CO. The zero-order valence-corrected chi connectivity index (χ0v) is 13.7. The Morgan fingerprint density at radius 2 is 1.78 bits per heavy atom. The van der Waals surface area contributed by atoms with Gasteiger partial charge in [0.15, 0.2) is 8.32 Å². The summed E-state index contributed by atoms with van der Waals surface area (Å²) in [6, 6.07) is 0. The molecule has 1 N–H and O–H groups in total. The van der Waals surface area contributed by atoms with Gasteiger partial charge in [0.25, 0.3) is 0 Å². The topological polar surface area (TPSA) is 42.0 Å². The summed E-state index contributed by atoms with van der Waals surface area (Å²) in [5, 5.41) is 9.15. The van der Waals surface area contributed by atoms with Crippen LogP contribution in [0.3, 0.4) is 0 Å². The molecule has 4 heteroatoms. The molecule has 1 fully saturated rings. The zero-order valence-electron chi connectivity index (χ0n) is 12.7. The minimum atomic E-state index is -1.55. The van der Waals surface area contributed by atoms with Crippen LogP contribution in [0.1, 0.15) is 46.5 Å². The lowest BCUT2D eigenvalue weighted by atomic mass is 10.1. The number of epoxide rings is 1. The van der Waals surface area contributed by atoms with Gasteiger partial charge in [-0.25, -0.2) is 0 Å². The lowest BCUT2D eigenvalue weighted by Crippen LogP contribution is -2.40. The van der Waals surface area contributed by atoms with Crippen molar-refractivity contribution in [1.29, 1.82) is 0 Å². The Morgan fingerprint density at radius 1 is 1.11 bits per heavy atom. The standard InChI is InChI=1S/C14H30O3Si/c1-14(2,3)18(4,5)16-10-8-6-7-9-12-13(11-15)17-12/h12-13,15H,6-11H2,1-5H3/t12-,13-/m0/s1. The van der Waals surface area contributed by atoms with Crippen molar-refractivity contribution < 1.29 is 14.3 Å². The molecule has 1 aliphatic heterocycles. The minimum Gasteiger partial charge on any atom is -0.417 e. The molecule has 0 amide bonds. The Labute approximate surface area is 113 Å². The van der Waals surface area contributed by atoms with Crippen molar-refractivity contribution in [2.45, 2.75) is 76.8 Å². The van der Waals surface area contributed by atoms with E-state index in [1.807, 2.05) is 0 Å². The number of aliphatic hydroxyl groups excluding tert-OH is 1. The highest BCUT2D eigenvalue weighted by atomic mass is 28.4. The van der Waals surface area contributed by atoms with E-state index in [2.05, 4.69) is 33.9 Å². The van der Waals surface area contributed by atoms with Crippen LogP contribution in [-0.4, -0.2) is 38.8 Å². The third-order valence-electron chi connectivity index (χ3n) is 4.27. The molecular formula is C14H30O3Si. The summed E-state index contributed by atoms with van der Waals surface area (Å²) in [5.74, 6) is 0. The zero-order chi connectivity index (χ0) is 13.8. The quantitative estimate of drug-likeness (QED) is 0.419. The van der Waals surface area contributed by atoms with Crippen molar-refractivity contribution in [3.05, 3.63) is 0 Å². The van der Waals surface area contributed by atoms with Gasteiger partial charge in [0, 0.05) is 6.61 Å². The van der Waals surface area contributed by atoms with Crippen LogP contribution in [0.5, 0.6) is 0 Å². The predicted molar refractivity (Wildman–Crippen MR) is 77.4 cm³/mol. The Morgan fingerprint density at radius 3 is 2.28 bits per heavy atom. The van der Waals surface area contributed by atoms with Gasteiger partial charge in [-0.3, -0.25) is 0 Å². The molecule has 0 aliphatic carbocycles. The summed E-state index contributed by atoms with van der Waals surface area (Å²) in [4.78, 5) is 0. The smallest absolute Gasteiger partial charge is 0.191 e. The summed E-state index contributed by atoms with van der Waals surface area (Å²) in [6.45, 7) is 12.5. The number of aliphatic hydroxyl groups is 1. The average Bonchev–Trinajstić information content (AvgIpc) is 3.00. The first-order valence-corrected chi connectivity index (χ1v) is 10.1. The minimum absolute atomic E-state index is 0.133. The van der Waals surface area contributed by atoms with E-state index < -0.39 is 8.32 Å². The van der Waals surface area contributed by atoms with Gasteiger partial charge < -0.3 is 14.3 Å². The Hall–Kier alpha value is 0.0969. The van der Waals surface area contributed by atoms with Crippen molar-refractivity contribution in [2.75, 3.05) is 13.2 Å². The van der Waals surface area contributed by atoms with Crippen LogP contribution in [0.25, 0.3) is 0 Å². The van der Waals surface area contributed by atoms with Crippen molar-refractivity contribution in [2.24, 2.45) is 0 Å². The molecule has 0 aromatic heterocycles. The second kappa shape index (κ2) is 6.50. The first-order chi connectivity index (χ1) is 8.28. The van der Waals surface area contributed by atoms with Gasteiger partial charge in [0.05, 0.1) is 12.7 Å². The molecule has 2 atom stereocenters. The maximum absolute atomic E-state index is 8.84. The van der Waals surface area contributed by atoms with Crippen molar-refractivity contribution in [3.8, 4) is 0 Å². The number of hydrogen-bond donors (Lipinski definition) is 1. The predicted octanol–water partition coefficient (Wildman–Crippen LogP) is 3.33. The lowest BCUT2D eigenvalue weighted by molar-refractivity contribution is 0.241. The molecule has 0 radical (unpaired) electrons. The highest BCUT2D eigenvalue weighted by Crippen LogP contribution is 2.36. The molecule has 1 heterocycles. The Bertz CT molecular complexity index is 248. The van der Waals surface area contributed by atoms with Crippen LogP contribution in [0, 0.1) is 0 Å². The Balaban J connectivity index is 1.99. The van der Waals surface area contributed by atoms with Crippen molar-refractivity contribution >= 4 is 8.32 Å². The van der Waals surface area contributed by atoms with Gasteiger partial charge in [-0.2, -0.15) is 0 Å². The summed E-state index contributed by atoms with van der Waals surface area (Å²) < 4.78 is 11.4. The van der Waals surface area contributed by atoms with E-state index in [4.69, 9.17) is 14.3 Å². The van der Waals surface area contributed by atoms with Gasteiger partial charge in [-0.15, -0.1) is 0 Å². The molecule has 0 unspecified atom stereocenters. The normalized spacial score (nSPS) is 24.3. The first kappa shape index (κ1) is 16.2. The summed E-state index contributed by atoms with van der Waals surface area (Å²) in [6.07, 6.45) is 5.08. The summed E-state index contributed by atoms with van der Waals surface area (Å²) in [5.41, 5.74) is 0. The molecule has 1 rings (SSSR count). The molecular weight excluding hydrogens is 244 g/mol. The molecule has 0 aromatic carbocycles. The molecule has 1 saturated heterocycles. The molecule has 18 heavy (non-hydrogen) atoms. The largest absolute Gasteiger partial charge is 0.417 e. The van der Waals surface area contributed by atoms with Gasteiger partial charge in [0.2, 0.25) is 0 Å². The van der Waals surface area contributed by atoms with Crippen molar-refractivity contribution in [3.63, 3.8) is 0 Å². The van der Waals surface area contributed by atoms with Crippen LogP contribution >= 0.6 is 0 Å². The second-order valence-electron chi connectivity index (χ2n) is 6.85. The molecule has 0 bridgehead atoms. The maximum atomic E-state index is 8.84. The van der Waals surface area contributed by atoms with Gasteiger partial charge >= 0.3 is 0 Å². The average molecular weight is 274 g/mol. The fraction of sp³-hybridized carbons (Fsp3) is 1.00. The molecule has 0 spiro atoms. The van der Waals surface area contributed by atoms with E-state index in [0.29, 0.717) is 11.1 Å². The van der Waals surface area contributed by atoms with E-state index in [1.54, 1.807) is 0 Å². The van der Waals surface area contributed by atoms with Gasteiger partial charge in [0.1, 0.15) is 6.10 Å². The van der Waals surface area contributed by atoms with E-state index >= 15 is 0 Å². The van der Waals surface area contributed by atoms with Crippen LogP contribution in [0.4, 0.5) is 0 Å². The number of hydrogen-bond acceptors (Lipinski definition) is 3. The first-order valence-electron chi connectivity index (χ1n) is 7.18. The monoisotopic (exact) mass is 274 g/mol. The van der Waals surface area contributed by atoms with E-state index in [-0.39, 0.29) is 12.7 Å². The van der Waals surface area contributed by atoms with Gasteiger partial charge in [-0.1, -0.05) is 33.6 Å². The number of ether oxygens (including phenoxy) is 1. The highest BCUT2D eigenvalue weighted by Gasteiger charge is 2.37. The molecule has 108 valence electrons. The summed E-state index contributed by atoms with van der Waals surface area (Å²) >= 11 is 0. The fourth-order valence-electron chi connectivity index (χ4n) is 1.76. The number of unbranched alkanes of at least 4 members (excludes halogenated alkanes) is 2. The maximum Gasteiger partial charge on any atom is 0.191 e. The van der Waals surface area contributed by atoms with Crippen LogP contribution in [0.15, 0.2) is 0 Å². The fourth-order valence-corrected chi connectivity index (χ4v) is 2.85. The van der Waals surface area contributed by atoms with E-state index in [1.165, 1.54) is 12.8 Å². The van der Waals surface area contributed by atoms with Crippen LogP contribution < -0.4 is 0 Å². The van der Waals surface area contributed by atoms with Crippen LogP contribution in [0.2, 0.25) is 18.1 Å². The van der Waals surface area contributed by atoms with E-state index in [9.17, 15) is 0 Å².